The van der Waals surface area contributed by atoms with Gasteiger partial charge in [-0.15, -0.1) is 10.2 Å². The number of amides is 1. The predicted octanol–water partition coefficient (Wildman–Crippen LogP) is 4.57. The van der Waals surface area contributed by atoms with Crippen molar-refractivity contribution in [1.82, 2.24) is 35.0 Å². The molecule has 0 saturated heterocycles. The van der Waals surface area contributed by atoms with Crippen molar-refractivity contribution >= 4 is 11.7 Å². The van der Waals surface area contributed by atoms with Crippen LogP contribution in [0, 0.1) is 6.92 Å². The molecule has 1 aliphatic carbocycles. The molecule has 1 atom stereocenters. The van der Waals surface area contributed by atoms with E-state index in [1.807, 2.05) is 37.4 Å². The van der Waals surface area contributed by atoms with Crippen molar-refractivity contribution < 1.29 is 4.79 Å². The normalized spacial score (nSPS) is 16.9. The number of rotatable bonds is 6. The molecule has 1 fully saturated rings. The molecule has 1 amide bonds. The van der Waals surface area contributed by atoms with Gasteiger partial charge in [0.2, 0.25) is 0 Å². The highest BCUT2D eigenvalue weighted by atomic mass is 16.1. The molecule has 1 saturated carbocycles. The number of carbonyl (C=O) groups excluding carboxylic acids is 1. The molecule has 4 heterocycles. The van der Waals surface area contributed by atoms with E-state index in [4.69, 9.17) is 9.97 Å². The minimum atomic E-state index is -0.129. The Morgan fingerprint density at radius 3 is 2.68 bits per heavy atom. The van der Waals surface area contributed by atoms with Crippen LogP contribution in [0.5, 0.6) is 0 Å². The van der Waals surface area contributed by atoms with E-state index in [2.05, 4.69) is 36.9 Å². The summed E-state index contributed by atoms with van der Waals surface area (Å²) in [4.78, 5) is 29.4. The van der Waals surface area contributed by atoms with Gasteiger partial charge in [0, 0.05) is 41.7 Å². The molecule has 0 unspecified atom stereocenters. The summed E-state index contributed by atoms with van der Waals surface area (Å²) in [5.74, 6) is 3.22. The molecule has 0 bridgehead atoms. The second-order valence-electron chi connectivity index (χ2n) is 9.69. The van der Waals surface area contributed by atoms with Crippen LogP contribution in [0.4, 0.5) is 5.82 Å². The summed E-state index contributed by atoms with van der Waals surface area (Å²) in [6.45, 7) is 4.50. The summed E-state index contributed by atoms with van der Waals surface area (Å²) in [5, 5.41) is 12.0. The van der Waals surface area contributed by atoms with Gasteiger partial charge in [0.15, 0.2) is 17.5 Å². The van der Waals surface area contributed by atoms with Crippen molar-refractivity contribution in [3.8, 4) is 17.1 Å². The maximum atomic E-state index is 12.7. The fraction of sp³-hybridized carbons (Fsp3) is 0.357. The van der Waals surface area contributed by atoms with Crippen LogP contribution in [0.2, 0.25) is 0 Å². The van der Waals surface area contributed by atoms with Gasteiger partial charge in [0.1, 0.15) is 11.5 Å². The number of hydrogen-bond donors (Lipinski definition) is 1. The van der Waals surface area contributed by atoms with E-state index in [9.17, 15) is 4.79 Å². The number of fused-ring (bicyclic) bond motifs is 3. The van der Waals surface area contributed by atoms with E-state index in [0.717, 1.165) is 53.5 Å². The standard InChI is InChI=1S/C28H30N8O/c1-3-23-27-34-33-18(2)35(27)24-17-30-25(32-26(24)36(23)21-11-7-8-12-21)22-13-14-29-15-20(22)16-31-28(37)19-9-5-4-6-10-19/h4-6,9-10,13-15,17,21,23H,3,7-8,11-12,16H2,1-2H3,(H,31,37)/t23-/m1/s1. The molecule has 37 heavy (non-hydrogen) atoms. The van der Waals surface area contributed by atoms with E-state index in [0.29, 0.717) is 24.0 Å². The number of benzene rings is 1. The van der Waals surface area contributed by atoms with Crippen LogP contribution in [-0.2, 0) is 6.54 Å². The molecule has 2 aliphatic rings. The van der Waals surface area contributed by atoms with Gasteiger partial charge < -0.3 is 10.2 Å². The molecular formula is C28H30N8O. The number of nitrogens with zero attached hydrogens (tertiary/aromatic N) is 7. The van der Waals surface area contributed by atoms with Crippen LogP contribution < -0.4 is 10.2 Å². The Labute approximate surface area is 216 Å². The van der Waals surface area contributed by atoms with E-state index in [1.54, 1.807) is 24.5 Å². The first kappa shape index (κ1) is 23.3. The van der Waals surface area contributed by atoms with Gasteiger partial charge in [-0.1, -0.05) is 38.0 Å². The molecule has 9 heteroatoms. The summed E-state index contributed by atoms with van der Waals surface area (Å²) in [5.41, 5.74) is 3.27. The summed E-state index contributed by atoms with van der Waals surface area (Å²) >= 11 is 0. The van der Waals surface area contributed by atoms with E-state index >= 15 is 0 Å². The molecule has 0 radical (unpaired) electrons. The van der Waals surface area contributed by atoms with E-state index in [-0.39, 0.29) is 11.9 Å². The monoisotopic (exact) mass is 494 g/mol. The molecule has 1 aromatic carbocycles. The number of carbonyl (C=O) groups is 1. The predicted molar refractivity (Wildman–Crippen MR) is 140 cm³/mol. The Kier molecular flexibility index (Phi) is 6.12. The molecule has 6 rings (SSSR count). The molecule has 1 N–H and O–H groups in total. The van der Waals surface area contributed by atoms with Crippen molar-refractivity contribution in [3.05, 3.63) is 77.8 Å². The maximum absolute atomic E-state index is 12.7. The second-order valence-corrected chi connectivity index (χ2v) is 9.69. The van der Waals surface area contributed by atoms with Gasteiger partial charge in [0.05, 0.1) is 12.2 Å². The lowest BCUT2D eigenvalue weighted by atomic mass is 10.0. The number of aryl methyl sites for hydroxylation is 1. The Morgan fingerprint density at radius 1 is 1.08 bits per heavy atom. The van der Waals surface area contributed by atoms with Crippen molar-refractivity contribution in [1.29, 1.82) is 0 Å². The highest BCUT2D eigenvalue weighted by Gasteiger charge is 2.39. The molecular weight excluding hydrogens is 464 g/mol. The number of aromatic nitrogens is 6. The SMILES string of the molecule is CC[C@@H]1c2nnc(C)n2-c2cnc(-c3ccncc3CNC(=O)c3ccccc3)nc2N1C1CCCC1. The molecule has 3 aromatic heterocycles. The van der Waals surface area contributed by atoms with Crippen molar-refractivity contribution in [2.75, 3.05) is 4.90 Å². The first-order valence-corrected chi connectivity index (χ1v) is 13.0. The fourth-order valence-corrected chi connectivity index (χ4v) is 5.65. The average molecular weight is 495 g/mol. The first-order valence-electron chi connectivity index (χ1n) is 13.0. The first-order chi connectivity index (χ1) is 18.2. The van der Waals surface area contributed by atoms with Crippen molar-refractivity contribution in [2.24, 2.45) is 0 Å². The van der Waals surface area contributed by atoms with Crippen LogP contribution >= 0.6 is 0 Å². The van der Waals surface area contributed by atoms with Crippen molar-refractivity contribution in [3.63, 3.8) is 0 Å². The molecule has 9 nitrogen and oxygen atoms in total. The summed E-state index contributed by atoms with van der Waals surface area (Å²) in [7, 11) is 0. The topological polar surface area (TPSA) is 102 Å². The highest BCUT2D eigenvalue weighted by Crippen LogP contribution is 2.43. The molecule has 4 aromatic rings. The lowest BCUT2D eigenvalue weighted by molar-refractivity contribution is 0.0951. The van der Waals surface area contributed by atoms with Crippen LogP contribution in [-0.4, -0.2) is 41.7 Å². The third-order valence-corrected chi connectivity index (χ3v) is 7.44. The Bertz CT molecular complexity index is 1430. The summed E-state index contributed by atoms with van der Waals surface area (Å²) < 4.78 is 2.10. The van der Waals surface area contributed by atoms with Crippen LogP contribution in [0.3, 0.4) is 0 Å². The Balaban J connectivity index is 1.39. The zero-order valence-electron chi connectivity index (χ0n) is 21.1. The van der Waals surface area contributed by atoms with Crippen LogP contribution in [0.25, 0.3) is 17.1 Å². The van der Waals surface area contributed by atoms with Gasteiger partial charge in [-0.2, -0.15) is 0 Å². The van der Waals surface area contributed by atoms with E-state index < -0.39 is 0 Å². The Morgan fingerprint density at radius 2 is 1.89 bits per heavy atom. The zero-order chi connectivity index (χ0) is 25.4. The maximum Gasteiger partial charge on any atom is 0.251 e. The largest absolute Gasteiger partial charge is 0.348 e. The summed E-state index contributed by atoms with van der Waals surface area (Å²) in [6.07, 6.45) is 11.1. The van der Waals surface area contributed by atoms with Crippen LogP contribution in [0.15, 0.2) is 55.0 Å². The van der Waals surface area contributed by atoms with Gasteiger partial charge in [-0.05, 0) is 44.4 Å². The van der Waals surface area contributed by atoms with Gasteiger partial charge >= 0.3 is 0 Å². The average Bonchev–Trinajstić information content (AvgIpc) is 3.61. The number of anilines is 1. The molecule has 1 aliphatic heterocycles. The number of pyridine rings is 1. The highest BCUT2D eigenvalue weighted by molar-refractivity contribution is 5.94. The Hall–Kier alpha value is -4.14. The quantitative estimate of drug-likeness (QED) is 0.419. The zero-order valence-corrected chi connectivity index (χ0v) is 21.1. The summed E-state index contributed by atoms with van der Waals surface area (Å²) in [6, 6.07) is 11.7. The van der Waals surface area contributed by atoms with Gasteiger partial charge in [-0.3, -0.25) is 14.3 Å². The van der Waals surface area contributed by atoms with Gasteiger partial charge in [0.25, 0.3) is 5.91 Å². The van der Waals surface area contributed by atoms with Crippen LogP contribution in [0.1, 0.15) is 72.6 Å². The molecule has 188 valence electrons. The number of nitrogens with one attached hydrogen (secondary N) is 1. The smallest absolute Gasteiger partial charge is 0.251 e. The lowest BCUT2D eigenvalue weighted by Gasteiger charge is -2.41. The second kappa shape index (κ2) is 9.72. The van der Waals surface area contributed by atoms with E-state index in [1.165, 1.54) is 12.8 Å². The third-order valence-electron chi connectivity index (χ3n) is 7.44. The lowest BCUT2D eigenvalue weighted by Crippen LogP contribution is -2.42. The minimum Gasteiger partial charge on any atom is -0.348 e. The van der Waals surface area contributed by atoms with Gasteiger partial charge in [-0.25, -0.2) is 9.97 Å². The number of hydrogen-bond acceptors (Lipinski definition) is 7. The van der Waals surface area contributed by atoms with Crippen molar-refractivity contribution in [2.45, 2.75) is 64.6 Å². The minimum absolute atomic E-state index is 0.113. The fourth-order valence-electron chi connectivity index (χ4n) is 5.65. The molecule has 0 spiro atoms. The third kappa shape index (κ3) is 4.14.